The monoisotopic (exact) mass is 642 g/mol. The van der Waals surface area contributed by atoms with Crippen LogP contribution in [0.15, 0.2) is 156 Å². The van der Waals surface area contributed by atoms with Crippen molar-refractivity contribution in [3.05, 3.63) is 157 Å². The summed E-state index contributed by atoms with van der Waals surface area (Å²) in [5.74, 6) is 2.84. The number of terminal acetylenes is 1. The number of furan rings is 1. The van der Waals surface area contributed by atoms with Crippen molar-refractivity contribution in [1.29, 1.82) is 0 Å². The zero-order chi connectivity index (χ0) is 33.4. The van der Waals surface area contributed by atoms with Gasteiger partial charge in [-0.15, -0.1) is 6.42 Å². The Morgan fingerprint density at radius 2 is 0.922 bits per heavy atom. The fraction of sp³-hybridized carbons (Fsp3) is 0. The van der Waals surface area contributed by atoms with Crippen molar-refractivity contribution in [2.75, 3.05) is 0 Å². The zero-order valence-corrected chi connectivity index (χ0v) is 27.4. The maximum Gasteiger partial charge on any atom is 0.143 e. The van der Waals surface area contributed by atoms with E-state index >= 15 is 0 Å². The quantitative estimate of drug-likeness (QED) is 0.135. The first kappa shape index (κ1) is 27.0. The summed E-state index contributed by atoms with van der Waals surface area (Å²) in [5, 5.41) is 19.9. The molecule has 0 unspecified atom stereocenters. The predicted molar refractivity (Wildman–Crippen MR) is 217 cm³/mol. The summed E-state index contributed by atoms with van der Waals surface area (Å²) in [6.45, 7) is 0. The minimum atomic E-state index is 0.850. The normalized spacial score (nSPS) is 12.3. The lowest BCUT2D eigenvalue weighted by atomic mass is 9.84. The molecule has 11 aromatic carbocycles. The second-order valence-corrected chi connectivity index (χ2v) is 13.8. The summed E-state index contributed by atoms with van der Waals surface area (Å²) in [7, 11) is 0. The van der Waals surface area contributed by atoms with Gasteiger partial charge in [-0.25, -0.2) is 0 Å². The Bertz CT molecular complexity index is 3450. The summed E-state index contributed by atoms with van der Waals surface area (Å²) in [6.07, 6.45) is 5.90. The van der Waals surface area contributed by atoms with Gasteiger partial charge >= 0.3 is 0 Å². The molecule has 0 spiro atoms. The van der Waals surface area contributed by atoms with Gasteiger partial charge in [0.05, 0.1) is 0 Å². The summed E-state index contributed by atoms with van der Waals surface area (Å²) in [6, 6.07) is 55.4. The molecule has 0 N–H and O–H groups in total. The Morgan fingerprint density at radius 1 is 0.353 bits per heavy atom. The first-order chi connectivity index (χ1) is 25.3. The average molecular weight is 643 g/mol. The lowest BCUT2D eigenvalue weighted by Crippen LogP contribution is -1.91. The number of hydrogen-bond acceptors (Lipinski definition) is 1. The molecule has 51 heavy (non-hydrogen) atoms. The lowest BCUT2D eigenvalue weighted by molar-refractivity contribution is 0.673. The van der Waals surface area contributed by atoms with E-state index in [-0.39, 0.29) is 0 Å². The molecule has 1 aromatic heterocycles. The van der Waals surface area contributed by atoms with Crippen molar-refractivity contribution in [3.8, 4) is 34.6 Å². The van der Waals surface area contributed by atoms with Gasteiger partial charge in [-0.2, -0.15) is 0 Å². The van der Waals surface area contributed by atoms with Crippen LogP contribution in [-0.4, -0.2) is 0 Å². The number of rotatable bonds is 2. The third-order valence-corrected chi connectivity index (χ3v) is 11.4. The van der Waals surface area contributed by atoms with E-state index in [0.29, 0.717) is 0 Å². The van der Waals surface area contributed by atoms with Crippen LogP contribution in [0.25, 0.3) is 120 Å². The summed E-state index contributed by atoms with van der Waals surface area (Å²) >= 11 is 0. The van der Waals surface area contributed by atoms with Crippen LogP contribution in [0, 0.1) is 12.3 Å². The molecule has 0 aliphatic rings. The minimum absolute atomic E-state index is 0.850. The van der Waals surface area contributed by atoms with E-state index < -0.39 is 0 Å². The second-order valence-electron chi connectivity index (χ2n) is 13.8. The van der Waals surface area contributed by atoms with Gasteiger partial charge in [0, 0.05) is 27.1 Å². The molecule has 0 aliphatic heterocycles. The SMILES string of the molecule is C#Cc1ccc2oc3c(cc4c5c(-c6ccccc6)c6cc7c8ccccc8c8cccc(c6c(-c6ccccc6)c5c5cccc3c45)c87)c2c1. The van der Waals surface area contributed by atoms with E-state index in [1.165, 1.54) is 92.3 Å². The predicted octanol–water partition coefficient (Wildman–Crippen LogP) is 13.8. The second kappa shape index (κ2) is 9.63. The highest BCUT2D eigenvalue weighted by Crippen LogP contribution is 2.55. The number of benzene rings is 9. The smallest absolute Gasteiger partial charge is 0.143 e. The molecule has 12 rings (SSSR count). The molecule has 1 nitrogen and oxygen atoms in total. The van der Waals surface area contributed by atoms with E-state index in [9.17, 15) is 0 Å². The number of hydrogen-bond donors (Lipinski definition) is 0. The third kappa shape index (κ3) is 3.37. The first-order valence-electron chi connectivity index (χ1n) is 17.5. The van der Waals surface area contributed by atoms with Gasteiger partial charge in [0.1, 0.15) is 11.2 Å². The Morgan fingerprint density at radius 3 is 1.67 bits per heavy atom. The molecule has 12 aromatic rings. The zero-order valence-electron chi connectivity index (χ0n) is 27.4. The molecule has 1 heterocycles. The largest absolute Gasteiger partial charge is 0.455 e. The Kier molecular flexibility index (Phi) is 5.10. The van der Waals surface area contributed by atoms with Gasteiger partial charge in [0.15, 0.2) is 0 Å². The van der Waals surface area contributed by atoms with Crippen LogP contribution in [0.3, 0.4) is 0 Å². The molecule has 0 saturated carbocycles. The fourth-order valence-electron chi connectivity index (χ4n) is 9.39. The third-order valence-electron chi connectivity index (χ3n) is 11.4. The van der Waals surface area contributed by atoms with Crippen molar-refractivity contribution < 1.29 is 4.42 Å². The minimum Gasteiger partial charge on any atom is -0.455 e. The van der Waals surface area contributed by atoms with Gasteiger partial charge in [0.2, 0.25) is 0 Å². The molecule has 0 fully saturated rings. The topological polar surface area (TPSA) is 13.1 Å². The van der Waals surface area contributed by atoms with Crippen molar-refractivity contribution >= 4 is 97.3 Å². The van der Waals surface area contributed by atoms with Crippen molar-refractivity contribution in [2.24, 2.45) is 0 Å². The van der Waals surface area contributed by atoms with Gasteiger partial charge in [-0.1, -0.05) is 127 Å². The van der Waals surface area contributed by atoms with Gasteiger partial charge < -0.3 is 4.42 Å². The number of fused-ring (bicyclic) bond motifs is 12. The van der Waals surface area contributed by atoms with Crippen LogP contribution in [0.4, 0.5) is 0 Å². The molecular formula is C50H26O. The van der Waals surface area contributed by atoms with E-state index in [1.54, 1.807) is 0 Å². The van der Waals surface area contributed by atoms with Gasteiger partial charge in [-0.05, 0) is 117 Å². The van der Waals surface area contributed by atoms with Gasteiger partial charge in [0.25, 0.3) is 0 Å². The highest BCUT2D eigenvalue weighted by molar-refractivity contribution is 6.46. The van der Waals surface area contributed by atoms with Crippen LogP contribution in [0.2, 0.25) is 0 Å². The molecule has 0 atom stereocenters. The van der Waals surface area contributed by atoms with Crippen LogP contribution < -0.4 is 0 Å². The van der Waals surface area contributed by atoms with Crippen molar-refractivity contribution in [1.82, 2.24) is 0 Å². The maximum absolute atomic E-state index is 6.67. The Hall–Kier alpha value is -6.88. The molecule has 0 saturated heterocycles. The van der Waals surface area contributed by atoms with E-state index in [2.05, 4.69) is 145 Å². The molecule has 1 heteroatoms. The highest BCUT2D eigenvalue weighted by Gasteiger charge is 2.27. The summed E-state index contributed by atoms with van der Waals surface area (Å²) in [4.78, 5) is 0. The van der Waals surface area contributed by atoms with Crippen molar-refractivity contribution in [2.45, 2.75) is 0 Å². The van der Waals surface area contributed by atoms with Crippen molar-refractivity contribution in [3.63, 3.8) is 0 Å². The Balaban J connectivity index is 1.44. The highest BCUT2D eigenvalue weighted by atomic mass is 16.3. The van der Waals surface area contributed by atoms with Crippen LogP contribution >= 0.6 is 0 Å². The van der Waals surface area contributed by atoms with Crippen LogP contribution in [0.5, 0.6) is 0 Å². The molecule has 0 aliphatic carbocycles. The average Bonchev–Trinajstić information content (AvgIpc) is 3.84. The summed E-state index contributed by atoms with van der Waals surface area (Å²) in [5.41, 5.74) is 7.57. The molecule has 0 radical (unpaired) electrons. The fourth-order valence-corrected chi connectivity index (χ4v) is 9.39. The lowest BCUT2D eigenvalue weighted by Gasteiger charge is -2.19. The molecule has 232 valence electrons. The van der Waals surface area contributed by atoms with E-state index in [1.807, 2.05) is 12.1 Å². The molecular weight excluding hydrogens is 617 g/mol. The summed E-state index contributed by atoms with van der Waals surface area (Å²) < 4.78 is 6.67. The standard InChI is InChI=1S/C50H26O/c1-2-28-23-24-42-37(25-28)39-27-41-46-35(21-12-22-36(46)50(39)51-42)48-44(30-15-7-4-8-16-30)47-34-20-11-19-33-31-17-9-10-18-32(31)38(45(33)34)26-40(47)43(49(41)48)29-13-5-3-6-14-29/h1,3-27H. The molecule has 0 bridgehead atoms. The maximum atomic E-state index is 6.67. The Labute approximate surface area is 292 Å². The first-order valence-corrected chi connectivity index (χ1v) is 17.5. The van der Waals surface area contributed by atoms with E-state index in [4.69, 9.17) is 10.8 Å². The van der Waals surface area contributed by atoms with Crippen LogP contribution in [-0.2, 0) is 0 Å². The van der Waals surface area contributed by atoms with Gasteiger partial charge in [-0.3, -0.25) is 0 Å². The van der Waals surface area contributed by atoms with E-state index in [0.717, 1.165) is 32.9 Å². The molecule has 0 amide bonds. The van der Waals surface area contributed by atoms with Crippen LogP contribution in [0.1, 0.15) is 5.56 Å².